The fourth-order valence-electron chi connectivity index (χ4n) is 2.97. The maximum absolute atomic E-state index is 12.6. The van der Waals surface area contributed by atoms with E-state index in [4.69, 9.17) is 11.6 Å². The second-order valence-corrected chi connectivity index (χ2v) is 8.12. The Labute approximate surface area is 164 Å². The summed E-state index contributed by atoms with van der Waals surface area (Å²) >= 11 is 8.03. The molecule has 0 spiro atoms. The van der Waals surface area contributed by atoms with Crippen LogP contribution in [0.3, 0.4) is 0 Å². The summed E-state index contributed by atoms with van der Waals surface area (Å²) in [5.41, 5.74) is 3.05. The Morgan fingerprint density at radius 3 is 2.73 bits per heavy atom. The summed E-state index contributed by atoms with van der Waals surface area (Å²) in [4.78, 5) is 16.7. The Kier molecular flexibility index (Phi) is 6.83. The number of amides is 2. The van der Waals surface area contributed by atoms with Gasteiger partial charge in [-0.1, -0.05) is 41.9 Å². The Morgan fingerprint density at radius 2 is 1.96 bits per heavy atom. The van der Waals surface area contributed by atoms with Crippen LogP contribution in [0.15, 0.2) is 48.5 Å². The van der Waals surface area contributed by atoms with Crippen molar-refractivity contribution in [1.82, 2.24) is 9.80 Å². The number of hydrogen-bond donors (Lipinski definition) is 1. The number of thioether (sulfide) groups is 1. The summed E-state index contributed by atoms with van der Waals surface area (Å²) in [5.74, 6) is 2.35. The molecular weight excluding hydrogens is 366 g/mol. The first-order valence-corrected chi connectivity index (χ1v) is 10.3. The summed E-state index contributed by atoms with van der Waals surface area (Å²) < 4.78 is 0. The number of nitrogens with one attached hydrogen (secondary N) is 1. The van der Waals surface area contributed by atoms with Gasteiger partial charge in [-0.25, -0.2) is 4.79 Å². The Hall–Kier alpha value is -1.69. The Balaban J connectivity index is 1.63. The molecule has 1 fully saturated rings. The van der Waals surface area contributed by atoms with Crippen LogP contribution in [-0.2, 0) is 13.1 Å². The fourth-order valence-corrected chi connectivity index (χ4v) is 4.16. The van der Waals surface area contributed by atoms with Crippen molar-refractivity contribution in [3.63, 3.8) is 0 Å². The molecular formula is C20H24ClN3OS. The first-order chi connectivity index (χ1) is 12.6. The van der Waals surface area contributed by atoms with Gasteiger partial charge in [0.2, 0.25) is 0 Å². The average molecular weight is 390 g/mol. The van der Waals surface area contributed by atoms with E-state index in [0.717, 1.165) is 36.4 Å². The molecule has 1 aliphatic heterocycles. The molecule has 1 aliphatic rings. The van der Waals surface area contributed by atoms with Crippen LogP contribution in [0.4, 0.5) is 10.5 Å². The van der Waals surface area contributed by atoms with Crippen molar-refractivity contribution in [2.75, 3.05) is 37.0 Å². The number of benzene rings is 2. The highest BCUT2D eigenvalue weighted by Crippen LogP contribution is 2.20. The summed E-state index contributed by atoms with van der Waals surface area (Å²) in [6.45, 7) is 3.58. The average Bonchev–Trinajstić information content (AvgIpc) is 2.64. The van der Waals surface area contributed by atoms with E-state index in [1.54, 1.807) is 11.9 Å². The number of rotatable bonds is 5. The third-order valence-corrected chi connectivity index (χ3v) is 5.59. The predicted octanol–water partition coefficient (Wildman–Crippen LogP) is 4.55. The zero-order valence-electron chi connectivity index (χ0n) is 15.0. The molecule has 1 saturated heterocycles. The van der Waals surface area contributed by atoms with Gasteiger partial charge in [-0.05, 0) is 29.3 Å². The minimum Gasteiger partial charge on any atom is -0.323 e. The molecule has 0 aromatic heterocycles. The second kappa shape index (κ2) is 9.31. The van der Waals surface area contributed by atoms with Gasteiger partial charge < -0.3 is 10.2 Å². The standard InChI is InChI=1S/C20H24ClN3OS/c1-23(14-16-5-4-7-18(21)13-16)20(25)22-19-8-3-2-6-17(19)15-24-9-11-26-12-10-24/h2-8,13H,9-12,14-15H2,1H3,(H,22,25). The molecule has 1 heterocycles. The van der Waals surface area contributed by atoms with Crippen LogP contribution in [0.2, 0.25) is 5.02 Å². The highest BCUT2D eigenvalue weighted by molar-refractivity contribution is 7.99. The molecule has 3 rings (SSSR count). The van der Waals surface area contributed by atoms with E-state index in [9.17, 15) is 4.79 Å². The van der Waals surface area contributed by atoms with Crippen molar-refractivity contribution in [1.29, 1.82) is 0 Å². The maximum atomic E-state index is 12.6. The number of hydrogen-bond acceptors (Lipinski definition) is 3. The van der Waals surface area contributed by atoms with Crippen LogP contribution in [0.5, 0.6) is 0 Å². The minimum atomic E-state index is -0.119. The predicted molar refractivity (Wildman–Crippen MR) is 111 cm³/mol. The molecule has 0 radical (unpaired) electrons. The lowest BCUT2D eigenvalue weighted by Gasteiger charge is -2.27. The topological polar surface area (TPSA) is 35.6 Å². The molecule has 0 saturated carbocycles. The maximum Gasteiger partial charge on any atom is 0.321 e. The van der Waals surface area contributed by atoms with Gasteiger partial charge in [-0.3, -0.25) is 4.90 Å². The number of carbonyl (C=O) groups excluding carboxylic acids is 1. The Morgan fingerprint density at radius 1 is 1.19 bits per heavy atom. The molecule has 2 aromatic rings. The van der Waals surface area contributed by atoms with Crippen LogP contribution in [0, 0.1) is 0 Å². The normalized spacial score (nSPS) is 14.8. The number of nitrogens with zero attached hydrogens (tertiary/aromatic N) is 2. The van der Waals surface area contributed by atoms with Crippen LogP contribution < -0.4 is 5.32 Å². The van der Waals surface area contributed by atoms with Gasteiger partial charge in [0, 0.05) is 55.4 Å². The largest absolute Gasteiger partial charge is 0.323 e. The lowest BCUT2D eigenvalue weighted by Crippen LogP contribution is -2.33. The zero-order valence-corrected chi connectivity index (χ0v) is 16.5. The lowest BCUT2D eigenvalue weighted by atomic mass is 10.1. The number of carbonyl (C=O) groups is 1. The molecule has 138 valence electrons. The van der Waals surface area contributed by atoms with Gasteiger partial charge in [0.15, 0.2) is 0 Å². The third kappa shape index (κ3) is 5.40. The number of urea groups is 1. The van der Waals surface area contributed by atoms with Crippen molar-refractivity contribution < 1.29 is 4.79 Å². The van der Waals surface area contributed by atoms with E-state index in [-0.39, 0.29) is 6.03 Å². The van der Waals surface area contributed by atoms with E-state index >= 15 is 0 Å². The number of anilines is 1. The quantitative estimate of drug-likeness (QED) is 0.814. The zero-order chi connectivity index (χ0) is 18.4. The lowest BCUT2D eigenvalue weighted by molar-refractivity contribution is 0.220. The third-order valence-electron chi connectivity index (χ3n) is 4.41. The number of para-hydroxylation sites is 1. The summed E-state index contributed by atoms with van der Waals surface area (Å²) in [7, 11) is 1.79. The van der Waals surface area contributed by atoms with Gasteiger partial charge in [0.25, 0.3) is 0 Å². The van der Waals surface area contributed by atoms with Crippen molar-refractivity contribution in [2.24, 2.45) is 0 Å². The van der Waals surface area contributed by atoms with Gasteiger partial charge >= 0.3 is 6.03 Å². The molecule has 26 heavy (non-hydrogen) atoms. The molecule has 0 aliphatic carbocycles. The highest BCUT2D eigenvalue weighted by atomic mass is 35.5. The van der Waals surface area contributed by atoms with Crippen LogP contribution in [0.1, 0.15) is 11.1 Å². The molecule has 2 aromatic carbocycles. The molecule has 4 nitrogen and oxygen atoms in total. The molecule has 6 heteroatoms. The second-order valence-electron chi connectivity index (χ2n) is 6.46. The Bertz CT molecular complexity index is 749. The van der Waals surface area contributed by atoms with E-state index in [1.165, 1.54) is 11.5 Å². The van der Waals surface area contributed by atoms with E-state index in [2.05, 4.69) is 16.3 Å². The van der Waals surface area contributed by atoms with E-state index < -0.39 is 0 Å². The minimum absolute atomic E-state index is 0.119. The summed E-state index contributed by atoms with van der Waals surface area (Å²) in [6.07, 6.45) is 0. The van der Waals surface area contributed by atoms with Crippen molar-refractivity contribution in [2.45, 2.75) is 13.1 Å². The molecule has 0 bridgehead atoms. The first kappa shape index (κ1) is 19.1. The van der Waals surface area contributed by atoms with Crippen LogP contribution in [-0.4, -0.2) is 47.5 Å². The smallest absolute Gasteiger partial charge is 0.321 e. The molecule has 1 N–H and O–H groups in total. The van der Waals surface area contributed by atoms with Gasteiger partial charge in [-0.15, -0.1) is 0 Å². The van der Waals surface area contributed by atoms with Crippen LogP contribution >= 0.6 is 23.4 Å². The number of halogens is 1. The molecule has 0 atom stereocenters. The summed E-state index contributed by atoms with van der Waals surface area (Å²) in [5, 5.41) is 3.74. The van der Waals surface area contributed by atoms with Crippen molar-refractivity contribution in [3.05, 3.63) is 64.7 Å². The molecule has 0 unspecified atom stereocenters. The van der Waals surface area contributed by atoms with E-state index in [1.807, 2.05) is 54.2 Å². The van der Waals surface area contributed by atoms with Gasteiger partial charge in [0.1, 0.15) is 0 Å². The fraction of sp³-hybridized carbons (Fsp3) is 0.350. The van der Waals surface area contributed by atoms with Gasteiger partial charge in [-0.2, -0.15) is 11.8 Å². The summed E-state index contributed by atoms with van der Waals surface area (Å²) in [6, 6.07) is 15.5. The van der Waals surface area contributed by atoms with Gasteiger partial charge in [0.05, 0.1) is 0 Å². The van der Waals surface area contributed by atoms with Crippen molar-refractivity contribution in [3.8, 4) is 0 Å². The van der Waals surface area contributed by atoms with Crippen LogP contribution in [0.25, 0.3) is 0 Å². The highest BCUT2D eigenvalue weighted by Gasteiger charge is 2.15. The molecule has 2 amide bonds. The SMILES string of the molecule is CN(Cc1cccc(Cl)c1)C(=O)Nc1ccccc1CN1CCSCC1. The first-order valence-electron chi connectivity index (χ1n) is 8.76. The monoisotopic (exact) mass is 389 g/mol. The van der Waals surface area contributed by atoms with Crippen molar-refractivity contribution >= 4 is 35.1 Å². The van der Waals surface area contributed by atoms with E-state index in [0.29, 0.717) is 11.6 Å².